The molecule has 3 rings (SSSR count). The highest BCUT2D eigenvalue weighted by molar-refractivity contribution is 7.99. The van der Waals surface area contributed by atoms with Gasteiger partial charge in [-0.1, -0.05) is 66.5 Å². The molecule has 2 N–H and O–H groups in total. The van der Waals surface area contributed by atoms with Crippen LogP contribution in [0.3, 0.4) is 0 Å². The van der Waals surface area contributed by atoms with E-state index in [0.717, 1.165) is 16.8 Å². The van der Waals surface area contributed by atoms with E-state index in [4.69, 9.17) is 23.2 Å². The lowest BCUT2D eigenvalue weighted by molar-refractivity contribution is -0.113. The smallest absolute Gasteiger partial charge is 0.253 e. The van der Waals surface area contributed by atoms with Gasteiger partial charge in [-0.05, 0) is 56.0 Å². The van der Waals surface area contributed by atoms with Crippen molar-refractivity contribution in [3.05, 3.63) is 69.0 Å². The summed E-state index contributed by atoms with van der Waals surface area (Å²) < 4.78 is 1.81. The topological polar surface area (TPSA) is 88.9 Å². The highest BCUT2D eigenvalue weighted by Crippen LogP contribution is 2.26. The van der Waals surface area contributed by atoms with Gasteiger partial charge in [0, 0.05) is 17.8 Å². The van der Waals surface area contributed by atoms with E-state index in [1.807, 2.05) is 43.7 Å². The summed E-state index contributed by atoms with van der Waals surface area (Å²) in [7, 11) is 1.83. The van der Waals surface area contributed by atoms with Gasteiger partial charge < -0.3 is 15.2 Å². The fraction of sp³-hybridized carbons (Fsp3) is 0.360. The van der Waals surface area contributed by atoms with Crippen LogP contribution in [0.15, 0.2) is 41.6 Å². The first-order valence-corrected chi connectivity index (χ1v) is 12.9. The number of rotatable bonds is 9. The van der Waals surface area contributed by atoms with Crippen molar-refractivity contribution < 1.29 is 9.59 Å². The predicted molar refractivity (Wildman–Crippen MR) is 142 cm³/mol. The van der Waals surface area contributed by atoms with Crippen LogP contribution in [0.2, 0.25) is 10.0 Å². The molecule has 1 atom stereocenters. The number of amides is 2. The monoisotopic (exact) mass is 533 g/mol. The van der Waals surface area contributed by atoms with E-state index < -0.39 is 0 Å². The van der Waals surface area contributed by atoms with Crippen molar-refractivity contribution >= 4 is 52.5 Å². The number of halogens is 2. The summed E-state index contributed by atoms with van der Waals surface area (Å²) in [5, 5.41) is 15.9. The summed E-state index contributed by atoms with van der Waals surface area (Å²) in [5.41, 5.74) is 3.28. The molecular weight excluding hydrogens is 505 g/mol. The molecule has 0 unspecified atom stereocenters. The van der Waals surface area contributed by atoms with Gasteiger partial charge in [0.15, 0.2) is 11.0 Å². The number of nitrogens with one attached hydrogen (secondary N) is 2. The predicted octanol–water partition coefficient (Wildman–Crippen LogP) is 5.99. The van der Waals surface area contributed by atoms with Gasteiger partial charge in [-0.25, -0.2) is 0 Å². The van der Waals surface area contributed by atoms with Crippen LogP contribution in [0, 0.1) is 19.8 Å². The normalized spacial score (nSPS) is 12.0. The quantitative estimate of drug-likeness (QED) is 0.330. The van der Waals surface area contributed by atoms with Crippen molar-refractivity contribution in [2.24, 2.45) is 13.0 Å². The number of nitrogens with zero attached hydrogens (tertiary/aromatic N) is 3. The molecule has 0 bridgehead atoms. The number of carbonyl (C=O) groups is 2. The second-order valence-corrected chi connectivity index (χ2v) is 10.6. The molecule has 0 aliphatic rings. The Hall–Kier alpha value is -2.55. The first kappa shape index (κ1) is 27.0. The van der Waals surface area contributed by atoms with Gasteiger partial charge >= 0.3 is 0 Å². The number of hydrogen-bond acceptors (Lipinski definition) is 5. The molecule has 2 aromatic carbocycles. The lowest BCUT2D eigenvalue weighted by Gasteiger charge is -2.20. The van der Waals surface area contributed by atoms with Crippen LogP contribution < -0.4 is 10.6 Å². The Morgan fingerprint density at radius 2 is 1.83 bits per heavy atom. The van der Waals surface area contributed by atoms with Crippen molar-refractivity contribution in [3.8, 4) is 0 Å². The SMILES string of the molecule is Cc1ccc(NC(=O)CSc2nnc([C@H](CC(C)C)NC(=O)c3ccc(Cl)cc3Cl)n2C)c(C)c1. The molecule has 10 heteroatoms. The van der Waals surface area contributed by atoms with Crippen LogP contribution in [-0.2, 0) is 11.8 Å². The third kappa shape index (κ3) is 7.22. The van der Waals surface area contributed by atoms with Crippen molar-refractivity contribution in [2.75, 3.05) is 11.1 Å². The highest BCUT2D eigenvalue weighted by Gasteiger charge is 2.24. The van der Waals surface area contributed by atoms with Gasteiger partial charge in [0.05, 0.1) is 22.4 Å². The average Bonchev–Trinajstić information content (AvgIpc) is 3.13. The minimum atomic E-state index is -0.384. The fourth-order valence-electron chi connectivity index (χ4n) is 3.64. The molecule has 35 heavy (non-hydrogen) atoms. The summed E-state index contributed by atoms with van der Waals surface area (Å²) >= 11 is 13.5. The maximum absolute atomic E-state index is 12.9. The molecule has 7 nitrogen and oxygen atoms in total. The Morgan fingerprint density at radius 1 is 1.09 bits per heavy atom. The zero-order chi connectivity index (χ0) is 25.7. The third-order valence-electron chi connectivity index (χ3n) is 5.36. The molecule has 0 aliphatic heterocycles. The molecule has 186 valence electrons. The Labute approximate surface area is 220 Å². The van der Waals surface area contributed by atoms with Crippen LogP contribution >= 0.6 is 35.0 Å². The number of aromatic nitrogens is 3. The number of hydrogen-bond donors (Lipinski definition) is 2. The Morgan fingerprint density at radius 3 is 2.49 bits per heavy atom. The van der Waals surface area contributed by atoms with Gasteiger partial charge in [-0.2, -0.15) is 0 Å². The minimum Gasteiger partial charge on any atom is -0.342 e. The molecule has 0 spiro atoms. The highest BCUT2D eigenvalue weighted by atomic mass is 35.5. The molecule has 3 aromatic rings. The summed E-state index contributed by atoms with van der Waals surface area (Å²) in [6.45, 7) is 8.11. The van der Waals surface area contributed by atoms with E-state index in [9.17, 15) is 9.59 Å². The summed E-state index contributed by atoms with van der Waals surface area (Å²) in [6, 6.07) is 10.3. The molecule has 0 radical (unpaired) electrons. The number of anilines is 1. The van der Waals surface area contributed by atoms with Crippen molar-refractivity contribution in [1.29, 1.82) is 0 Å². The van der Waals surface area contributed by atoms with Crippen LogP contribution in [0.1, 0.15) is 53.6 Å². The summed E-state index contributed by atoms with van der Waals surface area (Å²) in [4.78, 5) is 25.5. The number of carbonyl (C=O) groups excluding carboxylic acids is 2. The lowest BCUT2D eigenvalue weighted by atomic mass is 10.0. The molecule has 0 saturated heterocycles. The van der Waals surface area contributed by atoms with Crippen molar-refractivity contribution in [3.63, 3.8) is 0 Å². The van der Waals surface area contributed by atoms with Gasteiger partial charge in [-0.3, -0.25) is 9.59 Å². The second kappa shape index (κ2) is 11.9. The van der Waals surface area contributed by atoms with Gasteiger partial charge in [-0.15, -0.1) is 10.2 Å². The Bertz CT molecular complexity index is 1230. The van der Waals surface area contributed by atoms with E-state index in [0.29, 0.717) is 28.0 Å². The van der Waals surface area contributed by atoms with Crippen LogP contribution in [0.4, 0.5) is 5.69 Å². The van der Waals surface area contributed by atoms with Crippen molar-refractivity contribution in [1.82, 2.24) is 20.1 Å². The van der Waals surface area contributed by atoms with E-state index in [1.54, 1.807) is 12.1 Å². The summed E-state index contributed by atoms with van der Waals surface area (Å²) in [5.74, 6) is 0.631. The molecular formula is C25H29Cl2N5O2S. The lowest BCUT2D eigenvalue weighted by Crippen LogP contribution is -2.31. The molecule has 2 amide bonds. The first-order chi connectivity index (χ1) is 16.5. The fourth-order valence-corrected chi connectivity index (χ4v) is 4.85. The first-order valence-electron chi connectivity index (χ1n) is 11.2. The molecule has 0 saturated carbocycles. The number of thioether (sulfide) groups is 1. The van der Waals surface area contributed by atoms with Crippen molar-refractivity contribution in [2.45, 2.75) is 45.3 Å². The largest absolute Gasteiger partial charge is 0.342 e. The molecule has 0 aliphatic carbocycles. The molecule has 1 heterocycles. The summed E-state index contributed by atoms with van der Waals surface area (Å²) in [6.07, 6.45) is 0.654. The zero-order valence-electron chi connectivity index (χ0n) is 20.4. The minimum absolute atomic E-state index is 0.129. The standard InChI is InChI=1S/C25H29Cl2N5O2S/c1-14(2)10-21(29-24(34)18-8-7-17(26)12-19(18)27)23-30-31-25(32(23)5)35-13-22(33)28-20-9-6-15(3)11-16(20)4/h6-9,11-12,14,21H,10,13H2,1-5H3,(H,28,33)(H,29,34)/t21-/m0/s1. The van der Waals surface area contributed by atoms with Gasteiger partial charge in [0.1, 0.15) is 0 Å². The van der Waals surface area contributed by atoms with E-state index in [1.165, 1.54) is 17.8 Å². The van der Waals surface area contributed by atoms with Crippen LogP contribution in [0.25, 0.3) is 0 Å². The molecule has 0 fully saturated rings. The average molecular weight is 535 g/mol. The number of benzene rings is 2. The van der Waals surface area contributed by atoms with Gasteiger partial charge in [0.2, 0.25) is 5.91 Å². The Kier molecular flexibility index (Phi) is 9.21. The van der Waals surface area contributed by atoms with Crippen LogP contribution in [-0.4, -0.2) is 32.3 Å². The van der Waals surface area contributed by atoms with E-state index in [2.05, 4.69) is 34.7 Å². The Balaban J connectivity index is 1.70. The second-order valence-electron chi connectivity index (χ2n) is 8.83. The van der Waals surface area contributed by atoms with Crippen LogP contribution in [0.5, 0.6) is 0 Å². The van der Waals surface area contributed by atoms with E-state index >= 15 is 0 Å². The third-order valence-corrected chi connectivity index (χ3v) is 6.92. The molecule has 1 aromatic heterocycles. The zero-order valence-corrected chi connectivity index (χ0v) is 22.7. The van der Waals surface area contributed by atoms with Gasteiger partial charge in [0.25, 0.3) is 5.91 Å². The number of aryl methyl sites for hydroxylation is 2. The maximum atomic E-state index is 12.9. The van der Waals surface area contributed by atoms with E-state index in [-0.39, 0.29) is 34.5 Å². The maximum Gasteiger partial charge on any atom is 0.253 e.